The van der Waals surface area contributed by atoms with Gasteiger partial charge in [0.1, 0.15) is 0 Å². The standard InChI is InChI=1S/C17H24BrN3/c1-5-19-16(15-14(18)12-20-21(15)6-2)17(3,4)13-10-8-7-9-11-13/h7-12,16,19H,5-6H2,1-4H3. The van der Waals surface area contributed by atoms with Crippen LogP contribution in [0, 0.1) is 0 Å². The lowest BCUT2D eigenvalue weighted by atomic mass is 9.76. The molecule has 0 fully saturated rings. The number of aromatic nitrogens is 2. The van der Waals surface area contributed by atoms with Crippen molar-refractivity contribution >= 4 is 15.9 Å². The molecule has 1 atom stereocenters. The summed E-state index contributed by atoms with van der Waals surface area (Å²) >= 11 is 3.67. The number of aryl methyl sites for hydroxylation is 1. The Morgan fingerprint density at radius 2 is 1.90 bits per heavy atom. The topological polar surface area (TPSA) is 29.9 Å². The normalized spacial score (nSPS) is 13.4. The zero-order chi connectivity index (χ0) is 15.5. The summed E-state index contributed by atoms with van der Waals surface area (Å²) < 4.78 is 3.14. The molecule has 0 spiro atoms. The van der Waals surface area contributed by atoms with Gasteiger partial charge in [0.25, 0.3) is 0 Å². The maximum Gasteiger partial charge on any atom is 0.0704 e. The van der Waals surface area contributed by atoms with Crippen molar-refractivity contribution in [2.24, 2.45) is 0 Å². The number of rotatable bonds is 6. The minimum Gasteiger partial charge on any atom is -0.308 e. The van der Waals surface area contributed by atoms with E-state index in [1.165, 1.54) is 11.3 Å². The monoisotopic (exact) mass is 349 g/mol. The predicted octanol–water partition coefficient (Wildman–Crippen LogP) is 4.29. The van der Waals surface area contributed by atoms with Crippen LogP contribution in [-0.2, 0) is 12.0 Å². The summed E-state index contributed by atoms with van der Waals surface area (Å²) in [6.07, 6.45) is 1.89. The van der Waals surface area contributed by atoms with Crippen LogP contribution in [0.5, 0.6) is 0 Å². The molecule has 3 nitrogen and oxygen atoms in total. The van der Waals surface area contributed by atoms with Gasteiger partial charge in [0, 0.05) is 12.0 Å². The molecule has 1 aromatic heterocycles. The van der Waals surface area contributed by atoms with Crippen LogP contribution in [0.4, 0.5) is 0 Å². The molecule has 0 amide bonds. The van der Waals surface area contributed by atoms with E-state index in [9.17, 15) is 0 Å². The van der Waals surface area contributed by atoms with Crippen LogP contribution in [0.1, 0.15) is 45.0 Å². The van der Waals surface area contributed by atoms with E-state index in [1.54, 1.807) is 0 Å². The molecule has 0 radical (unpaired) electrons. The minimum atomic E-state index is -0.0350. The van der Waals surface area contributed by atoms with Crippen LogP contribution in [-0.4, -0.2) is 16.3 Å². The maximum absolute atomic E-state index is 4.47. The van der Waals surface area contributed by atoms with E-state index >= 15 is 0 Å². The molecule has 2 aromatic rings. The molecule has 0 bridgehead atoms. The van der Waals surface area contributed by atoms with Gasteiger partial charge in [-0.05, 0) is 35.0 Å². The lowest BCUT2D eigenvalue weighted by Gasteiger charge is -2.36. The van der Waals surface area contributed by atoms with Crippen LogP contribution in [0.15, 0.2) is 41.0 Å². The maximum atomic E-state index is 4.47. The summed E-state index contributed by atoms with van der Waals surface area (Å²) in [4.78, 5) is 0. The van der Waals surface area contributed by atoms with Crippen molar-refractivity contribution in [3.63, 3.8) is 0 Å². The summed E-state index contributed by atoms with van der Waals surface area (Å²) in [5, 5.41) is 8.12. The molecule has 1 unspecified atom stereocenters. The molecule has 4 heteroatoms. The zero-order valence-electron chi connectivity index (χ0n) is 13.2. The first-order valence-corrected chi connectivity index (χ1v) is 8.31. The third-order valence-electron chi connectivity index (χ3n) is 4.05. The van der Waals surface area contributed by atoms with Gasteiger partial charge in [0.05, 0.1) is 22.4 Å². The van der Waals surface area contributed by atoms with Crippen molar-refractivity contribution in [2.45, 2.75) is 45.7 Å². The molecule has 0 aliphatic heterocycles. The first kappa shape index (κ1) is 16.2. The van der Waals surface area contributed by atoms with Gasteiger partial charge in [-0.3, -0.25) is 4.68 Å². The Kier molecular flexibility index (Phi) is 5.22. The van der Waals surface area contributed by atoms with Gasteiger partial charge < -0.3 is 5.32 Å². The second-order valence-corrected chi connectivity index (χ2v) is 6.63. The fraction of sp³-hybridized carbons (Fsp3) is 0.471. The highest BCUT2D eigenvalue weighted by molar-refractivity contribution is 9.10. The van der Waals surface area contributed by atoms with Gasteiger partial charge in [-0.2, -0.15) is 5.10 Å². The third kappa shape index (κ3) is 3.22. The van der Waals surface area contributed by atoms with Crippen molar-refractivity contribution < 1.29 is 0 Å². The van der Waals surface area contributed by atoms with Crippen LogP contribution in [0.3, 0.4) is 0 Å². The van der Waals surface area contributed by atoms with Crippen molar-refractivity contribution in [2.75, 3.05) is 6.54 Å². The van der Waals surface area contributed by atoms with E-state index in [4.69, 9.17) is 0 Å². The summed E-state index contributed by atoms with van der Waals surface area (Å²) in [7, 11) is 0. The van der Waals surface area contributed by atoms with Crippen molar-refractivity contribution in [1.29, 1.82) is 0 Å². The zero-order valence-corrected chi connectivity index (χ0v) is 14.8. The molecule has 1 aromatic carbocycles. The van der Waals surface area contributed by atoms with Crippen LogP contribution in [0.25, 0.3) is 0 Å². The van der Waals surface area contributed by atoms with E-state index in [1.807, 2.05) is 6.20 Å². The lowest BCUT2D eigenvalue weighted by molar-refractivity contribution is 0.332. The largest absolute Gasteiger partial charge is 0.308 e. The number of hydrogen-bond donors (Lipinski definition) is 1. The van der Waals surface area contributed by atoms with Crippen LogP contribution in [0.2, 0.25) is 0 Å². The lowest BCUT2D eigenvalue weighted by Crippen LogP contribution is -2.39. The number of nitrogens with one attached hydrogen (secondary N) is 1. The smallest absolute Gasteiger partial charge is 0.0704 e. The molecule has 0 aliphatic rings. The fourth-order valence-electron chi connectivity index (χ4n) is 2.84. The Hall–Kier alpha value is -1.13. The molecule has 1 heterocycles. The van der Waals surface area contributed by atoms with E-state index in [2.05, 4.69) is 89.1 Å². The highest BCUT2D eigenvalue weighted by atomic mass is 79.9. The van der Waals surface area contributed by atoms with Gasteiger partial charge in [-0.25, -0.2) is 0 Å². The average Bonchev–Trinajstić information content (AvgIpc) is 2.86. The summed E-state index contributed by atoms with van der Waals surface area (Å²) in [6, 6.07) is 10.9. The number of halogens is 1. The Balaban J connectivity index is 2.50. The quantitative estimate of drug-likeness (QED) is 0.842. The molecule has 1 N–H and O–H groups in total. The third-order valence-corrected chi connectivity index (χ3v) is 4.66. The molecule has 2 rings (SSSR count). The molecule has 0 saturated heterocycles. The molecular weight excluding hydrogens is 326 g/mol. The Morgan fingerprint density at radius 1 is 1.24 bits per heavy atom. The van der Waals surface area contributed by atoms with Gasteiger partial charge in [-0.1, -0.05) is 51.1 Å². The number of benzene rings is 1. The van der Waals surface area contributed by atoms with Crippen LogP contribution < -0.4 is 5.32 Å². The molecule has 21 heavy (non-hydrogen) atoms. The first-order valence-electron chi connectivity index (χ1n) is 7.52. The average molecular weight is 350 g/mol. The molecule has 0 saturated carbocycles. The van der Waals surface area contributed by atoms with Gasteiger partial charge >= 0.3 is 0 Å². The molecule has 0 aliphatic carbocycles. The SMILES string of the molecule is CCNC(c1c(Br)cnn1CC)C(C)(C)c1ccccc1. The Bertz CT molecular complexity index is 575. The van der Waals surface area contributed by atoms with Crippen molar-refractivity contribution in [3.05, 3.63) is 52.3 Å². The van der Waals surface area contributed by atoms with Crippen molar-refractivity contribution in [1.82, 2.24) is 15.1 Å². The highest BCUT2D eigenvalue weighted by Crippen LogP contribution is 2.39. The number of hydrogen-bond acceptors (Lipinski definition) is 2. The fourth-order valence-corrected chi connectivity index (χ4v) is 3.37. The summed E-state index contributed by atoms with van der Waals surface area (Å²) in [5.41, 5.74) is 2.51. The highest BCUT2D eigenvalue weighted by Gasteiger charge is 2.35. The van der Waals surface area contributed by atoms with Gasteiger partial charge in [0.2, 0.25) is 0 Å². The predicted molar refractivity (Wildman–Crippen MR) is 91.5 cm³/mol. The van der Waals surface area contributed by atoms with E-state index in [-0.39, 0.29) is 11.5 Å². The molecule has 114 valence electrons. The van der Waals surface area contributed by atoms with Crippen LogP contribution >= 0.6 is 15.9 Å². The summed E-state index contributed by atoms with van der Waals surface area (Å²) in [5.74, 6) is 0. The molecular formula is C17H24BrN3. The minimum absolute atomic E-state index is 0.0350. The second kappa shape index (κ2) is 6.75. The Morgan fingerprint density at radius 3 is 2.48 bits per heavy atom. The van der Waals surface area contributed by atoms with Crippen molar-refractivity contribution in [3.8, 4) is 0 Å². The summed E-state index contributed by atoms with van der Waals surface area (Å²) in [6.45, 7) is 10.6. The number of nitrogens with zero attached hydrogens (tertiary/aromatic N) is 2. The van der Waals surface area contributed by atoms with E-state index in [0.29, 0.717) is 0 Å². The Labute approximate surface area is 135 Å². The number of likely N-dealkylation sites (N-methyl/N-ethyl adjacent to an activating group) is 1. The van der Waals surface area contributed by atoms with E-state index in [0.717, 1.165) is 17.6 Å². The second-order valence-electron chi connectivity index (χ2n) is 5.77. The van der Waals surface area contributed by atoms with E-state index < -0.39 is 0 Å². The first-order chi connectivity index (χ1) is 10.0. The van der Waals surface area contributed by atoms with Gasteiger partial charge in [0.15, 0.2) is 0 Å². The van der Waals surface area contributed by atoms with Gasteiger partial charge in [-0.15, -0.1) is 0 Å².